The van der Waals surface area contributed by atoms with Crippen molar-refractivity contribution in [3.05, 3.63) is 12.2 Å². The Hall–Kier alpha value is -0.790. The maximum atomic E-state index is 10.9. The van der Waals surface area contributed by atoms with Crippen LogP contribution >= 0.6 is 0 Å². The topological polar surface area (TPSA) is 37.3 Å². The number of rotatable bonds is 1. The molecule has 0 saturated heterocycles. The Bertz CT molecular complexity index is 196. The van der Waals surface area contributed by atoms with Crippen LogP contribution in [0, 0.1) is 5.92 Å². The summed E-state index contributed by atoms with van der Waals surface area (Å²) in [6.07, 6.45) is 13.1. The third-order valence-electron chi connectivity index (χ3n) is 2.82. The molecule has 0 aromatic carbocycles. The average Bonchev–Trinajstić information content (AvgIpc) is 2.21. The third-order valence-corrected chi connectivity index (χ3v) is 2.82. The van der Waals surface area contributed by atoms with E-state index in [1.54, 1.807) is 0 Å². The van der Waals surface area contributed by atoms with Crippen LogP contribution in [0.15, 0.2) is 12.2 Å². The molecule has 80 valence electrons. The molecule has 2 nitrogen and oxygen atoms in total. The fraction of sp³-hybridized carbons (Fsp3) is 0.750. The van der Waals surface area contributed by atoms with Gasteiger partial charge in [0.2, 0.25) is 0 Å². The quantitative estimate of drug-likeness (QED) is 0.653. The van der Waals surface area contributed by atoms with Gasteiger partial charge in [0.25, 0.3) is 0 Å². The Morgan fingerprint density at radius 3 is 2.43 bits per heavy atom. The number of carbonyl (C=O) groups is 1. The molecule has 0 aromatic heterocycles. The molecule has 0 aromatic rings. The van der Waals surface area contributed by atoms with E-state index in [0.717, 1.165) is 19.3 Å². The van der Waals surface area contributed by atoms with Crippen molar-refractivity contribution >= 4 is 5.97 Å². The van der Waals surface area contributed by atoms with Crippen molar-refractivity contribution in [2.45, 2.75) is 51.4 Å². The van der Waals surface area contributed by atoms with Crippen LogP contribution in [-0.4, -0.2) is 11.1 Å². The Labute approximate surface area is 86.0 Å². The van der Waals surface area contributed by atoms with Crippen molar-refractivity contribution in [2.24, 2.45) is 5.92 Å². The van der Waals surface area contributed by atoms with Crippen molar-refractivity contribution in [1.82, 2.24) is 0 Å². The standard InChI is InChI=1S/C12H20O2/c13-12(14)11-9-7-5-3-1-2-4-6-8-10-11/h7,9,11H,1-6,8,10H2,(H,13,14)/b9-7-. The lowest BCUT2D eigenvalue weighted by Crippen LogP contribution is -2.10. The molecular formula is C12H20O2. The highest BCUT2D eigenvalue weighted by molar-refractivity contribution is 5.72. The Balaban J connectivity index is 2.42. The highest BCUT2D eigenvalue weighted by Crippen LogP contribution is 2.16. The number of aliphatic carboxylic acids is 1. The van der Waals surface area contributed by atoms with Gasteiger partial charge < -0.3 is 5.11 Å². The molecule has 14 heavy (non-hydrogen) atoms. The third kappa shape index (κ3) is 4.45. The van der Waals surface area contributed by atoms with Gasteiger partial charge in [-0.25, -0.2) is 0 Å². The van der Waals surface area contributed by atoms with Crippen LogP contribution in [0.2, 0.25) is 0 Å². The minimum Gasteiger partial charge on any atom is -0.481 e. The van der Waals surface area contributed by atoms with Gasteiger partial charge >= 0.3 is 5.97 Å². The lowest BCUT2D eigenvalue weighted by atomic mass is 10.0. The minimum atomic E-state index is -0.666. The lowest BCUT2D eigenvalue weighted by Gasteiger charge is -2.06. The van der Waals surface area contributed by atoms with E-state index in [1.165, 1.54) is 32.1 Å². The number of allylic oxidation sites excluding steroid dienone is 1. The van der Waals surface area contributed by atoms with Crippen LogP contribution in [0.1, 0.15) is 51.4 Å². The van der Waals surface area contributed by atoms with E-state index < -0.39 is 5.97 Å². The normalized spacial score (nSPS) is 27.6. The number of hydrogen-bond donors (Lipinski definition) is 1. The molecule has 1 rings (SSSR count). The molecule has 0 saturated carbocycles. The minimum absolute atomic E-state index is 0.243. The molecule has 0 fully saturated rings. The zero-order valence-electron chi connectivity index (χ0n) is 8.74. The first-order valence-electron chi connectivity index (χ1n) is 5.70. The lowest BCUT2D eigenvalue weighted by molar-refractivity contribution is -0.140. The summed E-state index contributed by atoms with van der Waals surface area (Å²) in [6, 6.07) is 0. The maximum absolute atomic E-state index is 10.9. The van der Waals surface area contributed by atoms with E-state index in [2.05, 4.69) is 0 Å². The Kier molecular flexibility index (Phi) is 5.35. The average molecular weight is 196 g/mol. The summed E-state index contributed by atoms with van der Waals surface area (Å²) >= 11 is 0. The molecule has 0 amide bonds. The van der Waals surface area contributed by atoms with Gasteiger partial charge in [0.05, 0.1) is 5.92 Å². The molecule has 0 spiro atoms. The van der Waals surface area contributed by atoms with Crippen LogP contribution in [-0.2, 0) is 4.79 Å². The summed E-state index contributed by atoms with van der Waals surface area (Å²) in [5, 5.41) is 8.94. The second-order valence-corrected chi connectivity index (χ2v) is 4.07. The zero-order chi connectivity index (χ0) is 10.2. The molecular weight excluding hydrogens is 176 g/mol. The molecule has 0 aliphatic heterocycles. The number of carboxylic acid groups (broad SMARTS) is 1. The van der Waals surface area contributed by atoms with Crippen molar-refractivity contribution in [3.63, 3.8) is 0 Å². The monoisotopic (exact) mass is 196 g/mol. The molecule has 0 heterocycles. The highest BCUT2D eigenvalue weighted by Gasteiger charge is 2.12. The summed E-state index contributed by atoms with van der Waals surface area (Å²) in [7, 11) is 0. The van der Waals surface area contributed by atoms with Gasteiger partial charge in [-0.15, -0.1) is 0 Å². The Morgan fingerprint density at radius 1 is 1.07 bits per heavy atom. The van der Waals surface area contributed by atoms with Crippen LogP contribution in [0.3, 0.4) is 0 Å². The fourth-order valence-electron chi connectivity index (χ4n) is 1.90. The van der Waals surface area contributed by atoms with Gasteiger partial charge in [-0.3, -0.25) is 4.79 Å². The van der Waals surface area contributed by atoms with Crippen molar-refractivity contribution < 1.29 is 9.90 Å². The molecule has 1 aliphatic carbocycles. The van der Waals surface area contributed by atoms with E-state index >= 15 is 0 Å². The van der Waals surface area contributed by atoms with Gasteiger partial charge in [0.15, 0.2) is 0 Å². The number of hydrogen-bond acceptors (Lipinski definition) is 1. The van der Waals surface area contributed by atoms with Crippen LogP contribution in [0.4, 0.5) is 0 Å². The molecule has 0 bridgehead atoms. The van der Waals surface area contributed by atoms with Gasteiger partial charge in [0.1, 0.15) is 0 Å². The van der Waals surface area contributed by atoms with Crippen LogP contribution < -0.4 is 0 Å². The van der Waals surface area contributed by atoms with E-state index in [9.17, 15) is 4.79 Å². The summed E-state index contributed by atoms with van der Waals surface area (Å²) in [6.45, 7) is 0. The van der Waals surface area contributed by atoms with E-state index in [4.69, 9.17) is 5.11 Å². The first kappa shape index (κ1) is 11.3. The van der Waals surface area contributed by atoms with E-state index in [1.807, 2.05) is 12.2 Å². The van der Waals surface area contributed by atoms with Gasteiger partial charge in [-0.1, -0.05) is 44.3 Å². The smallest absolute Gasteiger partial charge is 0.310 e. The summed E-state index contributed by atoms with van der Waals surface area (Å²) in [5.74, 6) is -0.909. The van der Waals surface area contributed by atoms with E-state index in [0.29, 0.717) is 0 Å². The largest absolute Gasteiger partial charge is 0.481 e. The van der Waals surface area contributed by atoms with Crippen LogP contribution in [0.25, 0.3) is 0 Å². The van der Waals surface area contributed by atoms with E-state index in [-0.39, 0.29) is 5.92 Å². The maximum Gasteiger partial charge on any atom is 0.310 e. The predicted molar refractivity (Wildman–Crippen MR) is 57.2 cm³/mol. The molecule has 1 atom stereocenters. The molecule has 1 aliphatic rings. The molecule has 0 radical (unpaired) electrons. The van der Waals surface area contributed by atoms with Gasteiger partial charge in [0, 0.05) is 0 Å². The first-order valence-corrected chi connectivity index (χ1v) is 5.70. The number of carboxylic acids is 1. The zero-order valence-corrected chi connectivity index (χ0v) is 8.74. The fourth-order valence-corrected chi connectivity index (χ4v) is 1.90. The van der Waals surface area contributed by atoms with Crippen LogP contribution in [0.5, 0.6) is 0 Å². The van der Waals surface area contributed by atoms with Crippen molar-refractivity contribution in [1.29, 1.82) is 0 Å². The SMILES string of the molecule is O=C(O)C1/C=C\CCCCCCCC1. The molecule has 1 N–H and O–H groups in total. The van der Waals surface area contributed by atoms with Gasteiger partial charge in [-0.2, -0.15) is 0 Å². The summed E-state index contributed by atoms with van der Waals surface area (Å²) in [4.78, 5) is 10.9. The highest BCUT2D eigenvalue weighted by atomic mass is 16.4. The second kappa shape index (κ2) is 6.63. The molecule has 2 heteroatoms. The second-order valence-electron chi connectivity index (χ2n) is 4.07. The Morgan fingerprint density at radius 2 is 1.71 bits per heavy atom. The van der Waals surface area contributed by atoms with Gasteiger partial charge in [-0.05, 0) is 19.3 Å². The summed E-state index contributed by atoms with van der Waals surface area (Å²) in [5.41, 5.74) is 0. The van der Waals surface area contributed by atoms with Crippen molar-refractivity contribution in [3.8, 4) is 0 Å². The first-order chi connectivity index (χ1) is 6.80. The van der Waals surface area contributed by atoms with Crippen molar-refractivity contribution in [2.75, 3.05) is 0 Å². The molecule has 1 unspecified atom stereocenters. The summed E-state index contributed by atoms with van der Waals surface area (Å²) < 4.78 is 0. The predicted octanol–water partition coefficient (Wildman–Crippen LogP) is 3.38.